The second-order valence-electron chi connectivity index (χ2n) is 5.74. The molecule has 1 aliphatic heterocycles. The van der Waals surface area contributed by atoms with Crippen molar-refractivity contribution >= 4 is 6.03 Å². The standard InChI is InChI=1S/C17H27N3O2/c1-15(16-5-3-2-4-6-16)7-8-18-17(21)19-9-10-20-11-13-22-14-12-20/h2-6,15H,7-14H2,1H3,(H2,18,19,21). The van der Waals surface area contributed by atoms with Crippen LogP contribution >= 0.6 is 0 Å². The minimum Gasteiger partial charge on any atom is -0.379 e. The van der Waals surface area contributed by atoms with Gasteiger partial charge in [-0.15, -0.1) is 0 Å². The van der Waals surface area contributed by atoms with Crippen molar-refractivity contribution in [1.82, 2.24) is 15.5 Å². The summed E-state index contributed by atoms with van der Waals surface area (Å²) in [5.74, 6) is 0.454. The zero-order chi connectivity index (χ0) is 15.6. The Bertz CT molecular complexity index is 433. The third-order valence-corrected chi connectivity index (χ3v) is 4.05. The second-order valence-corrected chi connectivity index (χ2v) is 5.74. The first-order chi connectivity index (χ1) is 10.8. The van der Waals surface area contributed by atoms with E-state index in [-0.39, 0.29) is 6.03 Å². The SMILES string of the molecule is CC(CCNC(=O)NCCN1CCOCC1)c1ccccc1. The summed E-state index contributed by atoms with van der Waals surface area (Å²) in [4.78, 5) is 14.0. The fourth-order valence-corrected chi connectivity index (χ4v) is 2.57. The summed E-state index contributed by atoms with van der Waals surface area (Å²) in [5.41, 5.74) is 1.32. The average Bonchev–Trinajstić information content (AvgIpc) is 2.56. The molecule has 0 aliphatic carbocycles. The molecule has 1 heterocycles. The maximum absolute atomic E-state index is 11.7. The zero-order valence-electron chi connectivity index (χ0n) is 13.4. The van der Waals surface area contributed by atoms with E-state index >= 15 is 0 Å². The smallest absolute Gasteiger partial charge is 0.314 e. The predicted molar refractivity (Wildman–Crippen MR) is 88.1 cm³/mol. The Morgan fingerprint density at radius 1 is 1.18 bits per heavy atom. The lowest BCUT2D eigenvalue weighted by Crippen LogP contribution is -2.43. The highest BCUT2D eigenvalue weighted by Gasteiger charge is 2.10. The fourth-order valence-electron chi connectivity index (χ4n) is 2.57. The average molecular weight is 305 g/mol. The van der Waals surface area contributed by atoms with E-state index in [2.05, 4.69) is 46.7 Å². The van der Waals surface area contributed by atoms with Crippen LogP contribution in [0.25, 0.3) is 0 Å². The maximum Gasteiger partial charge on any atom is 0.314 e. The lowest BCUT2D eigenvalue weighted by atomic mass is 9.98. The Labute approximate surface area is 133 Å². The number of hydrogen-bond acceptors (Lipinski definition) is 3. The summed E-state index contributed by atoms with van der Waals surface area (Å²) in [7, 11) is 0. The molecule has 1 aromatic carbocycles. The summed E-state index contributed by atoms with van der Waals surface area (Å²) in [6, 6.07) is 10.3. The van der Waals surface area contributed by atoms with E-state index in [0.29, 0.717) is 19.0 Å². The number of hydrogen-bond donors (Lipinski definition) is 2. The maximum atomic E-state index is 11.7. The van der Waals surface area contributed by atoms with Gasteiger partial charge in [0, 0.05) is 32.7 Å². The third-order valence-electron chi connectivity index (χ3n) is 4.05. The molecule has 1 saturated heterocycles. The third kappa shape index (κ3) is 6.03. The molecule has 1 atom stereocenters. The van der Waals surface area contributed by atoms with E-state index in [0.717, 1.165) is 39.3 Å². The molecule has 2 rings (SSSR count). The van der Waals surface area contributed by atoms with Crippen LogP contribution in [0.15, 0.2) is 30.3 Å². The van der Waals surface area contributed by atoms with Gasteiger partial charge in [0.05, 0.1) is 13.2 Å². The lowest BCUT2D eigenvalue weighted by molar-refractivity contribution is 0.0387. The van der Waals surface area contributed by atoms with Gasteiger partial charge in [0.15, 0.2) is 0 Å². The summed E-state index contributed by atoms with van der Waals surface area (Å²) in [6.45, 7) is 7.95. The van der Waals surface area contributed by atoms with Crippen LogP contribution in [-0.2, 0) is 4.74 Å². The Morgan fingerprint density at radius 2 is 1.86 bits per heavy atom. The van der Waals surface area contributed by atoms with Gasteiger partial charge < -0.3 is 15.4 Å². The molecular weight excluding hydrogens is 278 g/mol. The second kappa shape index (κ2) is 9.43. The molecule has 5 nitrogen and oxygen atoms in total. The van der Waals surface area contributed by atoms with Crippen LogP contribution in [0.5, 0.6) is 0 Å². The van der Waals surface area contributed by atoms with Gasteiger partial charge in [0.25, 0.3) is 0 Å². The molecule has 22 heavy (non-hydrogen) atoms. The number of amides is 2. The zero-order valence-corrected chi connectivity index (χ0v) is 13.4. The Morgan fingerprint density at radius 3 is 2.59 bits per heavy atom. The molecule has 0 aromatic heterocycles. The molecule has 1 aromatic rings. The highest BCUT2D eigenvalue weighted by atomic mass is 16.5. The molecule has 2 amide bonds. The lowest BCUT2D eigenvalue weighted by Gasteiger charge is -2.26. The molecule has 0 spiro atoms. The molecule has 1 aliphatic rings. The fraction of sp³-hybridized carbons (Fsp3) is 0.588. The van der Waals surface area contributed by atoms with Crippen molar-refractivity contribution in [2.45, 2.75) is 19.3 Å². The minimum absolute atomic E-state index is 0.0754. The van der Waals surface area contributed by atoms with E-state index in [1.807, 2.05) is 6.07 Å². The molecule has 1 unspecified atom stereocenters. The van der Waals surface area contributed by atoms with Crippen LogP contribution in [0.1, 0.15) is 24.8 Å². The first-order valence-corrected chi connectivity index (χ1v) is 8.12. The van der Waals surface area contributed by atoms with Gasteiger partial charge in [-0.1, -0.05) is 37.3 Å². The van der Waals surface area contributed by atoms with Crippen LogP contribution in [0.2, 0.25) is 0 Å². The van der Waals surface area contributed by atoms with E-state index in [1.165, 1.54) is 5.56 Å². The van der Waals surface area contributed by atoms with E-state index in [4.69, 9.17) is 4.74 Å². The highest BCUT2D eigenvalue weighted by molar-refractivity contribution is 5.73. The number of morpholine rings is 1. The number of nitrogens with one attached hydrogen (secondary N) is 2. The summed E-state index contributed by atoms with van der Waals surface area (Å²) >= 11 is 0. The molecule has 5 heteroatoms. The number of carbonyl (C=O) groups is 1. The van der Waals surface area contributed by atoms with Crippen LogP contribution in [0, 0.1) is 0 Å². The molecule has 0 saturated carbocycles. The number of benzene rings is 1. The number of ether oxygens (including phenoxy) is 1. The number of urea groups is 1. The number of carbonyl (C=O) groups excluding carboxylic acids is 1. The number of rotatable bonds is 7. The van der Waals surface area contributed by atoms with Crippen molar-refractivity contribution in [3.63, 3.8) is 0 Å². The van der Waals surface area contributed by atoms with Crippen molar-refractivity contribution in [2.24, 2.45) is 0 Å². The van der Waals surface area contributed by atoms with Crippen molar-refractivity contribution in [3.8, 4) is 0 Å². The van der Waals surface area contributed by atoms with Crippen LogP contribution in [0.3, 0.4) is 0 Å². The summed E-state index contributed by atoms with van der Waals surface area (Å²) in [5, 5.41) is 5.84. The topological polar surface area (TPSA) is 53.6 Å². The summed E-state index contributed by atoms with van der Waals surface area (Å²) in [6.07, 6.45) is 0.945. The first kappa shape index (κ1) is 16.8. The van der Waals surface area contributed by atoms with Crippen LogP contribution < -0.4 is 10.6 Å². The van der Waals surface area contributed by atoms with E-state index in [9.17, 15) is 4.79 Å². The Kier molecular flexibility index (Phi) is 7.19. The molecule has 1 fully saturated rings. The Hall–Kier alpha value is -1.59. The largest absolute Gasteiger partial charge is 0.379 e. The van der Waals surface area contributed by atoms with Gasteiger partial charge in [0.1, 0.15) is 0 Å². The van der Waals surface area contributed by atoms with Crippen molar-refractivity contribution < 1.29 is 9.53 Å². The van der Waals surface area contributed by atoms with Crippen LogP contribution in [0.4, 0.5) is 4.79 Å². The van der Waals surface area contributed by atoms with Gasteiger partial charge in [-0.25, -0.2) is 4.79 Å². The number of nitrogens with zero attached hydrogens (tertiary/aromatic N) is 1. The van der Waals surface area contributed by atoms with Crippen LogP contribution in [-0.4, -0.2) is 56.9 Å². The predicted octanol–water partition coefficient (Wildman–Crippen LogP) is 1.81. The van der Waals surface area contributed by atoms with Gasteiger partial charge >= 0.3 is 6.03 Å². The quantitative estimate of drug-likeness (QED) is 0.808. The van der Waals surface area contributed by atoms with Gasteiger partial charge in [-0.3, -0.25) is 4.90 Å². The van der Waals surface area contributed by atoms with Crippen molar-refractivity contribution in [3.05, 3.63) is 35.9 Å². The molecular formula is C17H27N3O2. The molecule has 0 radical (unpaired) electrons. The van der Waals surface area contributed by atoms with Gasteiger partial charge in [-0.05, 0) is 17.9 Å². The van der Waals surface area contributed by atoms with Crippen molar-refractivity contribution in [1.29, 1.82) is 0 Å². The monoisotopic (exact) mass is 305 g/mol. The Balaban J connectivity index is 1.54. The molecule has 0 bridgehead atoms. The van der Waals surface area contributed by atoms with E-state index in [1.54, 1.807) is 0 Å². The highest BCUT2D eigenvalue weighted by Crippen LogP contribution is 2.17. The minimum atomic E-state index is -0.0754. The van der Waals surface area contributed by atoms with Crippen molar-refractivity contribution in [2.75, 3.05) is 45.9 Å². The van der Waals surface area contributed by atoms with Gasteiger partial charge in [0.2, 0.25) is 0 Å². The molecule has 122 valence electrons. The first-order valence-electron chi connectivity index (χ1n) is 8.12. The normalized spacial score (nSPS) is 17.0. The van der Waals surface area contributed by atoms with Gasteiger partial charge in [-0.2, -0.15) is 0 Å². The molecule has 2 N–H and O–H groups in total. The summed E-state index contributed by atoms with van der Waals surface area (Å²) < 4.78 is 5.30. The van der Waals surface area contributed by atoms with E-state index < -0.39 is 0 Å².